The largest absolute Gasteiger partial charge is 0.493 e. The second kappa shape index (κ2) is 10.7. The molecule has 1 saturated heterocycles. The number of aliphatic hydroxyl groups excluding tert-OH is 1. The summed E-state index contributed by atoms with van der Waals surface area (Å²) < 4.78 is 17.2. The maximum Gasteiger partial charge on any atom is 0.257 e. The molecule has 0 spiro atoms. The van der Waals surface area contributed by atoms with Gasteiger partial charge in [-0.05, 0) is 25.5 Å². The van der Waals surface area contributed by atoms with Gasteiger partial charge < -0.3 is 24.2 Å². The Morgan fingerprint density at radius 1 is 1.18 bits per heavy atom. The fourth-order valence-electron chi connectivity index (χ4n) is 3.98. The zero-order valence-electron chi connectivity index (χ0n) is 20.3. The summed E-state index contributed by atoms with van der Waals surface area (Å²) in [6.45, 7) is 10.1. The Balaban J connectivity index is 1.99. The summed E-state index contributed by atoms with van der Waals surface area (Å²) in [5.74, 6) is 0.480. The van der Waals surface area contributed by atoms with E-state index in [1.807, 2.05) is 13.0 Å². The Morgan fingerprint density at radius 3 is 2.58 bits per heavy atom. The number of hydrogen-bond acceptors (Lipinski definition) is 6. The maximum absolute atomic E-state index is 13.6. The summed E-state index contributed by atoms with van der Waals surface area (Å²) in [6.07, 6.45) is 2.96. The van der Waals surface area contributed by atoms with Gasteiger partial charge in [-0.25, -0.2) is 0 Å². The van der Waals surface area contributed by atoms with Crippen LogP contribution in [0.2, 0.25) is 25.7 Å². The van der Waals surface area contributed by atoms with Gasteiger partial charge in [0.2, 0.25) is 0 Å². The summed E-state index contributed by atoms with van der Waals surface area (Å²) >= 11 is 0. The molecule has 0 radical (unpaired) electrons. The number of allylic oxidation sites excluding steroid dienone is 1. The van der Waals surface area contributed by atoms with Crippen molar-refractivity contribution in [1.29, 1.82) is 0 Å². The monoisotopic (exact) mass is 476 g/mol. The van der Waals surface area contributed by atoms with Gasteiger partial charge in [0.05, 0.1) is 25.0 Å². The van der Waals surface area contributed by atoms with Gasteiger partial charge in [-0.3, -0.25) is 14.5 Å². The molecule has 0 saturated carbocycles. The highest BCUT2D eigenvalue weighted by Gasteiger charge is 2.44. The number of rotatable bonds is 10. The maximum atomic E-state index is 13.6. The second-order valence-electron chi connectivity index (χ2n) is 9.66. The fraction of sp³-hybridized carbons (Fsp3) is 0.583. The molecule has 1 fully saturated rings. The predicted octanol–water partition coefficient (Wildman–Crippen LogP) is 3.28. The van der Waals surface area contributed by atoms with Crippen molar-refractivity contribution < 1.29 is 28.9 Å². The van der Waals surface area contributed by atoms with Gasteiger partial charge in [-0.1, -0.05) is 31.3 Å². The van der Waals surface area contributed by atoms with Crippen LogP contribution in [0.5, 0.6) is 11.5 Å². The van der Waals surface area contributed by atoms with Gasteiger partial charge in [0.1, 0.15) is 12.8 Å². The van der Waals surface area contributed by atoms with Crippen molar-refractivity contribution in [2.45, 2.75) is 51.5 Å². The molecule has 2 amide bonds. The van der Waals surface area contributed by atoms with Crippen LogP contribution >= 0.6 is 0 Å². The lowest BCUT2D eigenvalue weighted by molar-refractivity contribution is -0.123. The molecular formula is C24H36N2O6Si. The number of fused-ring (bicyclic) bond motifs is 2. The summed E-state index contributed by atoms with van der Waals surface area (Å²) in [5, 5.41) is 9.09. The fourth-order valence-corrected chi connectivity index (χ4v) is 4.74. The normalized spacial score (nSPS) is 19.6. The molecule has 0 bridgehead atoms. The van der Waals surface area contributed by atoms with Crippen LogP contribution in [0.15, 0.2) is 23.8 Å². The van der Waals surface area contributed by atoms with Crippen LogP contribution in [0, 0.1) is 0 Å². The third-order valence-electron chi connectivity index (χ3n) is 6.01. The van der Waals surface area contributed by atoms with Crippen LogP contribution in [0.3, 0.4) is 0 Å². The van der Waals surface area contributed by atoms with Crippen molar-refractivity contribution in [3.8, 4) is 11.5 Å². The standard InChI is InChI=1S/C24H36N2O6Si/c1-6-17-12-20-24(29)26(16-31-10-11-33(3,4)5)19-14-22(32-9-7-8-27)21(30-2)13-18(19)23(28)25(20)15-17/h6,13-14,20,27H,7-12,15-16H2,1-5H3/b17-6-/t20-/m0/s1. The van der Waals surface area contributed by atoms with Crippen molar-refractivity contribution in [2.75, 3.05) is 45.1 Å². The number of benzene rings is 1. The molecule has 3 rings (SSSR count). The Labute approximate surface area is 197 Å². The summed E-state index contributed by atoms with van der Waals surface area (Å²) in [7, 11) is 0.230. The molecule has 1 atom stereocenters. The quantitative estimate of drug-likeness (QED) is 0.317. The number of nitrogens with zero attached hydrogens (tertiary/aromatic N) is 2. The summed E-state index contributed by atoms with van der Waals surface area (Å²) in [5.41, 5.74) is 1.93. The van der Waals surface area contributed by atoms with Crippen LogP contribution in [-0.4, -0.2) is 76.1 Å². The third kappa shape index (κ3) is 5.77. The van der Waals surface area contributed by atoms with Crippen LogP contribution in [0.25, 0.3) is 0 Å². The molecule has 2 aliphatic rings. The van der Waals surface area contributed by atoms with Crippen molar-refractivity contribution in [2.24, 2.45) is 0 Å². The molecule has 8 nitrogen and oxygen atoms in total. The zero-order chi connectivity index (χ0) is 24.2. The lowest BCUT2D eigenvalue weighted by atomic mass is 10.1. The van der Waals surface area contributed by atoms with Gasteiger partial charge in [-0.2, -0.15) is 0 Å². The number of carbonyl (C=O) groups is 2. The van der Waals surface area contributed by atoms with E-state index in [0.717, 1.165) is 11.6 Å². The number of hydrogen-bond donors (Lipinski definition) is 1. The van der Waals surface area contributed by atoms with E-state index in [9.17, 15) is 9.59 Å². The number of methoxy groups -OCH3 is 1. The number of anilines is 1. The van der Waals surface area contributed by atoms with E-state index in [4.69, 9.17) is 19.3 Å². The number of ether oxygens (including phenoxy) is 3. The Bertz CT molecular complexity index is 911. The van der Waals surface area contributed by atoms with Gasteiger partial charge >= 0.3 is 0 Å². The summed E-state index contributed by atoms with van der Waals surface area (Å²) in [6, 6.07) is 3.75. The van der Waals surface area contributed by atoms with E-state index >= 15 is 0 Å². The number of amides is 2. The van der Waals surface area contributed by atoms with E-state index in [-0.39, 0.29) is 25.2 Å². The van der Waals surface area contributed by atoms with Gasteiger partial charge in [0.25, 0.3) is 11.8 Å². The predicted molar refractivity (Wildman–Crippen MR) is 130 cm³/mol. The number of aliphatic hydroxyl groups is 1. The van der Waals surface area contributed by atoms with Crippen LogP contribution in [-0.2, 0) is 9.53 Å². The first-order chi connectivity index (χ1) is 15.7. The smallest absolute Gasteiger partial charge is 0.257 e. The van der Waals surface area contributed by atoms with Crippen molar-refractivity contribution in [3.05, 3.63) is 29.3 Å². The molecule has 9 heteroatoms. The third-order valence-corrected chi connectivity index (χ3v) is 7.71. The first kappa shape index (κ1) is 25.3. The van der Waals surface area contributed by atoms with Crippen LogP contribution in [0.4, 0.5) is 5.69 Å². The van der Waals surface area contributed by atoms with E-state index < -0.39 is 14.1 Å². The van der Waals surface area contributed by atoms with Gasteiger partial charge in [-0.15, -0.1) is 0 Å². The topological polar surface area (TPSA) is 88.5 Å². The minimum Gasteiger partial charge on any atom is -0.493 e. The highest BCUT2D eigenvalue weighted by Crippen LogP contribution is 2.40. The van der Waals surface area contributed by atoms with E-state index in [1.165, 1.54) is 7.11 Å². The van der Waals surface area contributed by atoms with E-state index in [0.29, 0.717) is 55.4 Å². The van der Waals surface area contributed by atoms with Gasteiger partial charge in [0, 0.05) is 40.3 Å². The molecule has 1 aromatic rings. The zero-order valence-corrected chi connectivity index (χ0v) is 21.3. The summed E-state index contributed by atoms with van der Waals surface area (Å²) in [4.78, 5) is 30.4. The second-order valence-corrected chi connectivity index (χ2v) is 15.3. The van der Waals surface area contributed by atoms with E-state index in [2.05, 4.69) is 19.6 Å². The first-order valence-electron chi connectivity index (χ1n) is 11.5. The molecule has 182 valence electrons. The number of carbonyl (C=O) groups excluding carboxylic acids is 2. The average Bonchev–Trinajstić information content (AvgIpc) is 3.19. The average molecular weight is 477 g/mol. The Morgan fingerprint density at radius 2 is 1.94 bits per heavy atom. The molecule has 2 heterocycles. The Kier molecular flexibility index (Phi) is 8.20. The van der Waals surface area contributed by atoms with Crippen molar-refractivity contribution >= 4 is 25.6 Å². The minimum absolute atomic E-state index is 0.00516. The van der Waals surface area contributed by atoms with Gasteiger partial charge in [0.15, 0.2) is 11.5 Å². The molecular weight excluding hydrogens is 440 g/mol. The van der Waals surface area contributed by atoms with E-state index in [1.54, 1.807) is 21.9 Å². The molecule has 2 aliphatic heterocycles. The molecule has 0 unspecified atom stereocenters. The highest BCUT2D eigenvalue weighted by atomic mass is 28.3. The van der Waals surface area contributed by atoms with Crippen LogP contribution in [0.1, 0.15) is 30.1 Å². The first-order valence-corrected chi connectivity index (χ1v) is 15.2. The lowest BCUT2D eigenvalue weighted by Crippen LogP contribution is -2.45. The molecule has 0 aromatic heterocycles. The Hall–Kier alpha value is -2.36. The lowest BCUT2D eigenvalue weighted by Gasteiger charge is -2.26. The minimum atomic E-state index is -1.28. The van der Waals surface area contributed by atoms with Crippen molar-refractivity contribution in [1.82, 2.24) is 4.90 Å². The molecule has 0 aliphatic carbocycles. The molecule has 33 heavy (non-hydrogen) atoms. The van der Waals surface area contributed by atoms with Crippen LogP contribution < -0.4 is 14.4 Å². The SMILES string of the molecule is C/C=C1/C[C@H]2C(=O)N(COCC[Si](C)(C)C)c3cc(OCCCO)c(OC)cc3C(=O)N2C1. The molecule has 1 N–H and O–H groups in total. The molecule has 1 aromatic carbocycles. The van der Waals surface area contributed by atoms with Crippen molar-refractivity contribution in [3.63, 3.8) is 0 Å². The highest BCUT2D eigenvalue weighted by molar-refractivity contribution is 6.76.